The van der Waals surface area contributed by atoms with E-state index in [0.29, 0.717) is 4.34 Å². The molecular formula is C21H21ClF4N4O4S. The van der Waals surface area contributed by atoms with E-state index >= 15 is 0 Å². The predicted molar refractivity (Wildman–Crippen MR) is 123 cm³/mol. The molecule has 0 bridgehead atoms. The zero-order valence-corrected chi connectivity index (χ0v) is 19.6. The molecule has 0 radical (unpaired) electrons. The molecule has 1 fully saturated rings. The maximum absolute atomic E-state index is 13.8. The third kappa shape index (κ3) is 7.37. The molecule has 1 aromatic carbocycles. The predicted octanol–water partition coefficient (Wildman–Crippen LogP) is 3.29. The number of morpholine rings is 1. The molecule has 0 spiro atoms. The van der Waals surface area contributed by atoms with Crippen molar-refractivity contribution in [3.8, 4) is 0 Å². The van der Waals surface area contributed by atoms with E-state index in [1.54, 1.807) is 0 Å². The summed E-state index contributed by atoms with van der Waals surface area (Å²) in [5.74, 6) is -1.88. The number of carbonyl (C=O) groups excluding carboxylic acids is 3. The number of thiophene rings is 1. The summed E-state index contributed by atoms with van der Waals surface area (Å²) in [7, 11) is 0. The SMILES string of the molecule is O=C(NC[C@@H](NCC(F)F)C(=O)Nc1ccc(N2CCOCC2=O)cc1C(F)F)c1ccc(Cl)s1. The number of halogens is 5. The topological polar surface area (TPSA) is 99.8 Å². The normalized spacial score (nSPS) is 14.9. The van der Waals surface area contributed by atoms with Crippen LogP contribution in [0.2, 0.25) is 4.34 Å². The van der Waals surface area contributed by atoms with Crippen LogP contribution < -0.4 is 20.9 Å². The number of hydrogen-bond donors (Lipinski definition) is 3. The van der Waals surface area contributed by atoms with Gasteiger partial charge in [0.2, 0.25) is 5.91 Å². The van der Waals surface area contributed by atoms with Gasteiger partial charge in [0.15, 0.2) is 0 Å². The molecule has 0 unspecified atom stereocenters. The molecule has 2 aromatic rings. The first-order valence-corrected chi connectivity index (χ1v) is 11.5. The maximum atomic E-state index is 13.8. The van der Waals surface area contributed by atoms with Crippen molar-refractivity contribution in [2.75, 3.05) is 43.1 Å². The number of amides is 3. The van der Waals surface area contributed by atoms with Crippen LogP contribution >= 0.6 is 22.9 Å². The van der Waals surface area contributed by atoms with Crippen molar-refractivity contribution in [3.05, 3.63) is 45.1 Å². The summed E-state index contributed by atoms with van der Waals surface area (Å²) < 4.78 is 58.4. The van der Waals surface area contributed by atoms with E-state index in [-0.39, 0.29) is 36.0 Å². The summed E-state index contributed by atoms with van der Waals surface area (Å²) in [6.07, 6.45) is -5.80. The van der Waals surface area contributed by atoms with Crippen molar-refractivity contribution in [3.63, 3.8) is 0 Å². The molecule has 8 nitrogen and oxygen atoms in total. The van der Waals surface area contributed by atoms with Crippen LogP contribution in [0.3, 0.4) is 0 Å². The number of anilines is 2. The molecule has 3 N–H and O–H groups in total. The molecule has 14 heteroatoms. The minimum Gasteiger partial charge on any atom is -0.370 e. The van der Waals surface area contributed by atoms with Gasteiger partial charge in [0.1, 0.15) is 12.6 Å². The van der Waals surface area contributed by atoms with Crippen LogP contribution in [0.25, 0.3) is 0 Å². The Bertz CT molecular complexity index is 1070. The van der Waals surface area contributed by atoms with E-state index in [2.05, 4.69) is 16.0 Å². The van der Waals surface area contributed by atoms with E-state index in [4.69, 9.17) is 16.3 Å². The van der Waals surface area contributed by atoms with Crippen LogP contribution in [-0.4, -0.2) is 63.0 Å². The Hall–Kier alpha value is -2.74. The average molecular weight is 537 g/mol. The van der Waals surface area contributed by atoms with E-state index in [9.17, 15) is 31.9 Å². The van der Waals surface area contributed by atoms with Gasteiger partial charge in [0, 0.05) is 30.0 Å². The Labute approximate surface area is 206 Å². The second-order valence-electron chi connectivity index (χ2n) is 7.33. The first kappa shape index (κ1) is 26.9. The first-order valence-electron chi connectivity index (χ1n) is 10.3. The summed E-state index contributed by atoms with van der Waals surface area (Å²) in [6.45, 7) is -1.00. The highest BCUT2D eigenvalue weighted by molar-refractivity contribution is 7.18. The fourth-order valence-corrected chi connectivity index (χ4v) is 4.19. The monoisotopic (exact) mass is 536 g/mol. The molecule has 3 rings (SSSR count). The Kier molecular flexibility index (Phi) is 9.43. The van der Waals surface area contributed by atoms with Gasteiger partial charge in [0.25, 0.3) is 24.7 Å². The van der Waals surface area contributed by atoms with Gasteiger partial charge in [-0.3, -0.25) is 19.7 Å². The summed E-state index contributed by atoms with van der Waals surface area (Å²) in [4.78, 5) is 38.6. The number of hydrogen-bond acceptors (Lipinski definition) is 6. The average Bonchev–Trinajstić information content (AvgIpc) is 3.25. The molecule has 1 atom stereocenters. The van der Waals surface area contributed by atoms with Crippen molar-refractivity contribution in [2.45, 2.75) is 18.9 Å². The standard InChI is InChI=1S/C21H21ClF4N4O4S/c22-16-4-3-15(35-16)21(33)28-8-14(27-9-17(23)24)20(32)29-13-2-1-11(7-12(13)19(25)26)30-5-6-34-10-18(30)31/h1-4,7,14,17,19,27H,5-6,8-10H2,(H,28,33)(H,29,32)/t14-/m1/s1. The lowest BCUT2D eigenvalue weighted by Crippen LogP contribution is -2.49. The smallest absolute Gasteiger partial charge is 0.265 e. The maximum Gasteiger partial charge on any atom is 0.265 e. The van der Waals surface area contributed by atoms with Gasteiger partial charge >= 0.3 is 0 Å². The molecule has 1 aliphatic rings. The molecule has 1 aromatic heterocycles. The molecule has 0 saturated carbocycles. The van der Waals surface area contributed by atoms with Crippen molar-refractivity contribution >= 4 is 52.0 Å². The number of carbonyl (C=O) groups is 3. The summed E-state index contributed by atoms with van der Waals surface area (Å²) in [6, 6.07) is 5.27. The van der Waals surface area contributed by atoms with Crippen molar-refractivity contribution in [1.82, 2.24) is 10.6 Å². The zero-order chi connectivity index (χ0) is 25.5. The largest absolute Gasteiger partial charge is 0.370 e. The molecule has 3 amide bonds. The summed E-state index contributed by atoms with van der Waals surface area (Å²) in [5.41, 5.74) is -0.601. The van der Waals surface area contributed by atoms with Gasteiger partial charge in [-0.25, -0.2) is 17.6 Å². The van der Waals surface area contributed by atoms with Crippen LogP contribution in [0, 0.1) is 0 Å². The molecular weight excluding hydrogens is 516 g/mol. The Morgan fingerprint density at radius 3 is 2.54 bits per heavy atom. The second kappa shape index (κ2) is 12.3. The molecule has 1 aliphatic heterocycles. The van der Waals surface area contributed by atoms with Crippen LogP contribution in [0.1, 0.15) is 21.7 Å². The van der Waals surface area contributed by atoms with Gasteiger partial charge in [0.05, 0.1) is 22.4 Å². The lowest BCUT2D eigenvalue weighted by atomic mass is 10.1. The van der Waals surface area contributed by atoms with Crippen LogP contribution in [0.15, 0.2) is 30.3 Å². The molecule has 190 valence electrons. The highest BCUT2D eigenvalue weighted by atomic mass is 35.5. The molecule has 0 aliphatic carbocycles. The summed E-state index contributed by atoms with van der Waals surface area (Å²) in [5, 5.41) is 7.05. The van der Waals surface area contributed by atoms with E-state index in [1.165, 1.54) is 29.2 Å². The number of nitrogens with one attached hydrogen (secondary N) is 3. The van der Waals surface area contributed by atoms with Crippen molar-refractivity contribution < 1.29 is 36.7 Å². The zero-order valence-electron chi connectivity index (χ0n) is 18.0. The van der Waals surface area contributed by atoms with Crippen molar-refractivity contribution in [2.24, 2.45) is 0 Å². The fraction of sp³-hybridized carbons (Fsp3) is 0.381. The molecule has 35 heavy (non-hydrogen) atoms. The molecule has 1 saturated heterocycles. The van der Waals surface area contributed by atoms with Gasteiger partial charge < -0.3 is 20.3 Å². The fourth-order valence-electron chi connectivity index (χ4n) is 3.23. The lowest BCUT2D eigenvalue weighted by Gasteiger charge is -2.28. The van der Waals surface area contributed by atoms with Gasteiger partial charge in [-0.05, 0) is 30.3 Å². The Morgan fingerprint density at radius 1 is 1.14 bits per heavy atom. The van der Waals surface area contributed by atoms with E-state index < -0.39 is 55.3 Å². The van der Waals surface area contributed by atoms with E-state index in [0.717, 1.165) is 17.4 Å². The third-order valence-electron chi connectivity index (χ3n) is 4.92. The van der Waals surface area contributed by atoms with Crippen LogP contribution in [0.5, 0.6) is 0 Å². The third-order valence-corrected chi connectivity index (χ3v) is 6.15. The minimum absolute atomic E-state index is 0.177. The Morgan fingerprint density at radius 2 is 1.91 bits per heavy atom. The first-order chi connectivity index (χ1) is 16.7. The van der Waals surface area contributed by atoms with Crippen LogP contribution in [-0.2, 0) is 14.3 Å². The number of rotatable bonds is 10. The lowest BCUT2D eigenvalue weighted by molar-refractivity contribution is -0.125. The molecule has 2 heterocycles. The quantitative estimate of drug-likeness (QED) is 0.405. The highest BCUT2D eigenvalue weighted by Gasteiger charge is 2.26. The number of benzene rings is 1. The number of nitrogens with zero attached hydrogens (tertiary/aromatic N) is 1. The van der Waals surface area contributed by atoms with Gasteiger partial charge in [-0.1, -0.05) is 11.6 Å². The van der Waals surface area contributed by atoms with Gasteiger partial charge in [-0.15, -0.1) is 11.3 Å². The second-order valence-corrected chi connectivity index (χ2v) is 9.04. The summed E-state index contributed by atoms with van der Waals surface area (Å²) >= 11 is 6.78. The number of alkyl halides is 4. The van der Waals surface area contributed by atoms with E-state index in [1.807, 2.05) is 0 Å². The Balaban J connectivity index is 1.74. The highest BCUT2D eigenvalue weighted by Crippen LogP contribution is 2.32. The van der Waals surface area contributed by atoms with Crippen molar-refractivity contribution in [1.29, 1.82) is 0 Å². The number of ether oxygens (including phenoxy) is 1. The minimum atomic E-state index is -3.00. The van der Waals surface area contributed by atoms with Gasteiger partial charge in [-0.2, -0.15) is 0 Å². The van der Waals surface area contributed by atoms with Crippen LogP contribution in [0.4, 0.5) is 28.9 Å².